The quantitative estimate of drug-likeness (QED) is 0.252. The Morgan fingerprint density at radius 1 is 1.40 bits per heavy atom. The Morgan fingerprint density at radius 2 is 2.25 bits per heavy atom. The zero-order valence-electron chi connectivity index (χ0n) is 10.9. The predicted molar refractivity (Wildman–Crippen MR) is 76.7 cm³/mol. The van der Waals surface area contributed by atoms with Crippen molar-refractivity contribution in [3.8, 4) is 0 Å². The number of aromatic nitrogens is 1. The van der Waals surface area contributed by atoms with E-state index >= 15 is 0 Å². The van der Waals surface area contributed by atoms with Crippen molar-refractivity contribution in [2.45, 2.75) is 12.8 Å². The Labute approximate surface area is 116 Å². The second kappa shape index (κ2) is 6.51. The summed E-state index contributed by atoms with van der Waals surface area (Å²) >= 11 is 0. The van der Waals surface area contributed by atoms with Gasteiger partial charge in [-0.05, 0) is 30.7 Å². The van der Waals surface area contributed by atoms with Gasteiger partial charge in [0.25, 0.3) is 5.91 Å². The van der Waals surface area contributed by atoms with E-state index in [0.717, 1.165) is 10.9 Å². The van der Waals surface area contributed by atoms with Crippen LogP contribution < -0.4 is 11.1 Å². The second-order valence-corrected chi connectivity index (χ2v) is 4.36. The van der Waals surface area contributed by atoms with E-state index in [4.69, 9.17) is 10.9 Å². The maximum atomic E-state index is 12.0. The van der Waals surface area contributed by atoms with Crippen molar-refractivity contribution in [1.82, 2.24) is 10.3 Å². The molecular formula is C14H16N4O2. The lowest BCUT2D eigenvalue weighted by molar-refractivity contribution is 0.0953. The van der Waals surface area contributed by atoms with Gasteiger partial charge in [0, 0.05) is 30.1 Å². The second-order valence-electron chi connectivity index (χ2n) is 4.36. The number of benzene rings is 1. The largest absolute Gasteiger partial charge is 0.409 e. The van der Waals surface area contributed by atoms with E-state index < -0.39 is 0 Å². The van der Waals surface area contributed by atoms with Crippen LogP contribution >= 0.6 is 0 Å². The Kier molecular flexibility index (Phi) is 4.49. The molecule has 2 aromatic rings. The fourth-order valence-corrected chi connectivity index (χ4v) is 1.84. The Morgan fingerprint density at radius 3 is 3.05 bits per heavy atom. The number of oxime groups is 1. The number of nitrogens with zero attached hydrogens (tertiary/aromatic N) is 2. The summed E-state index contributed by atoms with van der Waals surface area (Å²) in [6.45, 7) is 0.472. The summed E-state index contributed by atoms with van der Waals surface area (Å²) in [5, 5.41) is 15.0. The number of pyridine rings is 1. The van der Waals surface area contributed by atoms with Gasteiger partial charge in [0.2, 0.25) is 0 Å². The molecule has 4 N–H and O–H groups in total. The number of hydrogen-bond acceptors (Lipinski definition) is 4. The molecule has 0 bridgehead atoms. The van der Waals surface area contributed by atoms with Gasteiger partial charge in [0.05, 0.1) is 5.52 Å². The average molecular weight is 272 g/mol. The maximum absolute atomic E-state index is 12.0. The van der Waals surface area contributed by atoms with E-state index in [0.29, 0.717) is 24.9 Å². The number of nitrogens with two attached hydrogens (primary N) is 1. The first kappa shape index (κ1) is 13.8. The van der Waals surface area contributed by atoms with Gasteiger partial charge in [0.1, 0.15) is 5.84 Å². The summed E-state index contributed by atoms with van der Waals surface area (Å²) in [6.07, 6.45) is 2.78. The third-order valence-corrected chi connectivity index (χ3v) is 2.89. The van der Waals surface area contributed by atoms with Gasteiger partial charge in [0.15, 0.2) is 0 Å². The lowest BCUT2D eigenvalue weighted by Crippen LogP contribution is -2.25. The fraction of sp³-hybridized carbons (Fsp3) is 0.214. The molecule has 1 aromatic heterocycles. The van der Waals surface area contributed by atoms with Crippen LogP contribution in [0.3, 0.4) is 0 Å². The van der Waals surface area contributed by atoms with Crippen LogP contribution in [0, 0.1) is 0 Å². The zero-order chi connectivity index (χ0) is 14.4. The predicted octanol–water partition coefficient (Wildman–Crippen LogP) is 1.49. The highest BCUT2D eigenvalue weighted by Crippen LogP contribution is 2.13. The van der Waals surface area contributed by atoms with E-state index in [1.54, 1.807) is 18.3 Å². The van der Waals surface area contributed by atoms with Crippen LogP contribution in [-0.2, 0) is 0 Å². The summed E-state index contributed by atoms with van der Waals surface area (Å²) in [7, 11) is 0. The Hall–Kier alpha value is -2.63. The van der Waals surface area contributed by atoms with Gasteiger partial charge in [-0.25, -0.2) is 0 Å². The number of fused-ring (bicyclic) bond motifs is 1. The molecular weight excluding hydrogens is 256 g/mol. The molecule has 0 spiro atoms. The van der Waals surface area contributed by atoms with E-state index in [-0.39, 0.29) is 11.7 Å². The third-order valence-electron chi connectivity index (χ3n) is 2.89. The van der Waals surface area contributed by atoms with Gasteiger partial charge in [-0.15, -0.1) is 0 Å². The van der Waals surface area contributed by atoms with Gasteiger partial charge in [-0.3, -0.25) is 9.78 Å². The van der Waals surface area contributed by atoms with Crippen LogP contribution in [0.25, 0.3) is 10.9 Å². The molecule has 0 saturated carbocycles. The molecule has 1 amide bonds. The molecule has 0 saturated heterocycles. The van der Waals surface area contributed by atoms with Gasteiger partial charge in [-0.1, -0.05) is 11.2 Å². The van der Waals surface area contributed by atoms with Crippen LogP contribution in [-0.4, -0.2) is 28.5 Å². The first-order valence-corrected chi connectivity index (χ1v) is 6.30. The number of nitrogens with one attached hydrogen (secondary N) is 1. The molecule has 0 unspecified atom stereocenters. The summed E-state index contributed by atoms with van der Waals surface area (Å²) < 4.78 is 0. The number of carbonyl (C=O) groups excluding carboxylic acids is 1. The van der Waals surface area contributed by atoms with Crippen molar-refractivity contribution in [2.75, 3.05) is 6.54 Å². The van der Waals surface area contributed by atoms with Crippen LogP contribution in [0.4, 0.5) is 0 Å². The van der Waals surface area contributed by atoms with Crippen molar-refractivity contribution < 1.29 is 10.0 Å². The van der Waals surface area contributed by atoms with E-state index in [1.807, 2.05) is 18.2 Å². The zero-order valence-corrected chi connectivity index (χ0v) is 10.9. The molecule has 0 radical (unpaired) electrons. The first-order valence-electron chi connectivity index (χ1n) is 6.30. The summed E-state index contributed by atoms with van der Waals surface area (Å²) in [6, 6.07) is 9.12. The fourth-order valence-electron chi connectivity index (χ4n) is 1.84. The molecule has 104 valence electrons. The number of carbonyl (C=O) groups is 1. The molecule has 6 nitrogen and oxygen atoms in total. The third kappa shape index (κ3) is 3.44. The summed E-state index contributed by atoms with van der Waals surface area (Å²) in [5.74, 6) is 0.0197. The highest BCUT2D eigenvalue weighted by molar-refractivity contribution is 5.97. The van der Waals surface area contributed by atoms with Crippen LogP contribution in [0.15, 0.2) is 41.7 Å². The summed E-state index contributed by atoms with van der Waals surface area (Å²) in [5.41, 5.74) is 6.79. The Bertz CT molecular complexity index is 640. The molecule has 20 heavy (non-hydrogen) atoms. The average Bonchev–Trinajstić information content (AvgIpc) is 2.50. The normalized spacial score (nSPS) is 11.5. The van der Waals surface area contributed by atoms with Crippen molar-refractivity contribution in [1.29, 1.82) is 0 Å². The topological polar surface area (TPSA) is 101 Å². The number of amides is 1. The van der Waals surface area contributed by atoms with Crippen LogP contribution in [0.1, 0.15) is 23.2 Å². The molecule has 0 aliphatic rings. The number of hydrogen-bond donors (Lipinski definition) is 3. The number of amidine groups is 1. The molecule has 0 atom stereocenters. The maximum Gasteiger partial charge on any atom is 0.251 e. The van der Waals surface area contributed by atoms with Crippen molar-refractivity contribution in [3.05, 3.63) is 42.1 Å². The highest BCUT2D eigenvalue weighted by atomic mass is 16.4. The van der Waals surface area contributed by atoms with E-state index in [1.165, 1.54) is 0 Å². The minimum atomic E-state index is -0.143. The van der Waals surface area contributed by atoms with Gasteiger partial charge in [-0.2, -0.15) is 0 Å². The molecule has 0 fully saturated rings. The molecule has 6 heteroatoms. The molecule has 0 aliphatic carbocycles. The van der Waals surface area contributed by atoms with Crippen LogP contribution in [0.2, 0.25) is 0 Å². The number of rotatable bonds is 5. The lowest BCUT2D eigenvalue weighted by atomic mass is 10.1. The summed E-state index contributed by atoms with van der Waals surface area (Å²) in [4.78, 5) is 16.2. The van der Waals surface area contributed by atoms with Gasteiger partial charge < -0.3 is 16.3 Å². The molecule has 2 rings (SSSR count). The monoisotopic (exact) mass is 272 g/mol. The van der Waals surface area contributed by atoms with Crippen molar-refractivity contribution in [3.63, 3.8) is 0 Å². The molecule has 1 heterocycles. The SMILES string of the molecule is NC(CCCNC(=O)c1ccc2ncccc2c1)=NO. The van der Waals surface area contributed by atoms with Gasteiger partial charge >= 0.3 is 0 Å². The Balaban J connectivity index is 1.94. The van der Waals surface area contributed by atoms with Crippen LogP contribution in [0.5, 0.6) is 0 Å². The molecule has 0 aliphatic heterocycles. The standard InChI is InChI=1S/C14H16N4O2/c15-13(18-20)4-2-8-17-14(19)11-5-6-12-10(9-11)3-1-7-16-12/h1,3,5-7,9,20H,2,4,8H2,(H2,15,18)(H,17,19). The molecule has 1 aromatic carbocycles. The minimum absolute atomic E-state index is 0.143. The van der Waals surface area contributed by atoms with E-state index in [2.05, 4.69) is 15.5 Å². The first-order chi connectivity index (χ1) is 9.70. The van der Waals surface area contributed by atoms with E-state index in [9.17, 15) is 4.79 Å². The lowest BCUT2D eigenvalue weighted by Gasteiger charge is -2.05. The highest BCUT2D eigenvalue weighted by Gasteiger charge is 2.06. The van der Waals surface area contributed by atoms with Crippen molar-refractivity contribution >= 4 is 22.6 Å². The van der Waals surface area contributed by atoms with Crippen molar-refractivity contribution in [2.24, 2.45) is 10.9 Å². The minimum Gasteiger partial charge on any atom is -0.409 e. The smallest absolute Gasteiger partial charge is 0.251 e.